The van der Waals surface area contributed by atoms with E-state index in [1.807, 2.05) is 0 Å². The van der Waals surface area contributed by atoms with Crippen LogP contribution in [0.15, 0.2) is 22.6 Å². The zero-order valence-electron chi connectivity index (χ0n) is 12.0. The van der Waals surface area contributed by atoms with Crippen LogP contribution in [-0.4, -0.2) is 17.0 Å². The van der Waals surface area contributed by atoms with E-state index < -0.39 is 11.9 Å². The highest BCUT2D eigenvalue weighted by Crippen LogP contribution is 2.24. The molecule has 0 radical (unpaired) electrons. The summed E-state index contributed by atoms with van der Waals surface area (Å²) >= 11 is 0. The van der Waals surface area contributed by atoms with Gasteiger partial charge in [0.1, 0.15) is 11.5 Å². The normalized spacial score (nSPS) is 10.4. The molecule has 0 bridgehead atoms. The molecule has 1 amide bonds. The predicted octanol–water partition coefficient (Wildman–Crippen LogP) is 2.74. The summed E-state index contributed by atoms with van der Waals surface area (Å²) in [6.45, 7) is 5.24. The summed E-state index contributed by atoms with van der Waals surface area (Å²) < 4.78 is 5.40. The summed E-state index contributed by atoms with van der Waals surface area (Å²) in [6.07, 6.45) is 0. The molecule has 0 aliphatic carbocycles. The first-order valence-corrected chi connectivity index (χ1v) is 6.32. The number of rotatable bonds is 3. The fourth-order valence-corrected chi connectivity index (χ4v) is 2.16. The second-order valence-corrected chi connectivity index (χ2v) is 4.78. The van der Waals surface area contributed by atoms with Gasteiger partial charge in [-0.2, -0.15) is 0 Å². The van der Waals surface area contributed by atoms with Gasteiger partial charge in [-0.1, -0.05) is 0 Å². The van der Waals surface area contributed by atoms with Crippen molar-refractivity contribution in [3.8, 4) is 0 Å². The minimum Gasteiger partial charge on any atom is -0.478 e. The Hall–Kier alpha value is -2.76. The zero-order valence-corrected chi connectivity index (χ0v) is 12.0. The molecule has 2 rings (SSSR count). The van der Waals surface area contributed by atoms with Crippen LogP contribution in [0, 0.1) is 20.8 Å². The third-order valence-electron chi connectivity index (χ3n) is 3.31. The Morgan fingerprint density at radius 2 is 1.86 bits per heavy atom. The first-order chi connectivity index (χ1) is 9.81. The third-order valence-corrected chi connectivity index (χ3v) is 3.31. The minimum absolute atomic E-state index is 0.0566. The van der Waals surface area contributed by atoms with Crippen LogP contribution in [0.5, 0.6) is 0 Å². The molecule has 21 heavy (non-hydrogen) atoms. The lowest BCUT2D eigenvalue weighted by molar-refractivity contribution is 0.0698. The fourth-order valence-electron chi connectivity index (χ4n) is 2.16. The van der Waals surface area contributed by atoms with Crippen molar-refractivity contribution in [2.45, 2.75) is 20.8 Å². The van der Waals surface area contributed by atoms with Crippen molar-refractivity contribution in [2.75, 3.05) is 11.1 Å². The largest absolute Gasteiger partial charge is 0.478 e. The van der Waals surface area contributed by atoms with Crippen LogP contribution in [0.2, 0.25) is 0 Å². The Bertz CT molecular complexity index is 732. The molecule has 1 aromatic heterocycles. The first kappa shape index (κ1) is 14.6. The fraction of sp³-hybridized carbons (Fsp3) is 0.200. The Morgan fingerprint density at radius 3 is 2.38 bits per heavy atom. The number of carboxylic acid groups (broad SMARTS) is 1. The van der Waals surface area contributed by atoms with E-state index in [2.05, 4.69) is 5.32 Å². The zero-order chi connectivity index (χ0) is 15.7. The predicted molar refractivity (Wildman–Crippen MR) is 78.7 cm³/mol. The second-order valence-electron chi connectivity index (χ2n) is 4.78. The average molecular weight is 288 g/mol. The van der Waals surface area contributed by atoms with Crippen molar-refractivity contribution in [3.05, 3.63) is 46.4 Å². The lowest BCUT2D eigenvalue weighted by atomic mass is 10.1. The van der Waals surface area contributed by atoms with Crippen molar-refractivity contribution >= 4 is 23.3 Å². The smallest absolute Gasteiger partial charge is 0.337 e. The maximum atomic E-state index is 12.3. The Labute approximate surface area is 121 Å². The number of hydrogen-bond acceptors (Lipinski definition) is 4. The van der Waals surface area contributed by atoms with E-state index in [4.69, 9.17) is 15.3 Å². The van der Waals surface area contributed by atoms with Gasteiger partial charge in [0.15, 0.2) is 0 Å². The summed E-state index contributed by atoms with van der Waals surface area (Å²) in [4.78, 5) is 23.5. The molecule has 0 saturated carbocycles. The van der Waals surface area contributed by atoms with Crippen LogP contribution in [0.3, 0.4) is 0 Å². The van der Waals surface area contributed by atoms with Gasteiger partial charge in [0.2, 0.25) is 0 Å². The van der Waals surface area contributed by atoms with Crippen LogP contribution in [0.25, 0.3) is 0 Å². The molecule has 0 spiro atoms. The summed E-state index contributed by atoms with van der Waals surface area (Å²) in [5.74, 6) is -0.410. The van der Waals surface area contributed by atoms with Crippen molar-refractivity contribution in [1.29, 1.82) is 0 Å². The van der Waals surface area contributed by atoms with Crippen molar-refractivity contribution in [1.82, 2.24) is 0 Å². The first-order valence-electron chi connectivity index (χ1n) is 6.32. The summed E-state index contributed by atoms with van der Waals surface area (Å²) in [5, 5.41) is 11.8. The molecule has 0 unspecified atom stereocenters. The molecule has 0 fully saturated rings. The van der Waals surface area contributed by atoms with Gasteiger partial charge < -0.3 is 20.6 Å². The van der Waals surface area contributed by atoms with Gasteiger partial charge in [0.05, 0.1) is 16.8 Å². The van der Waals surface area contributed by atoms with E-state index in [0.717, 1.165) is 5.56 Å². The maximum Gasteiger partial charge on any atom is 0.337 e. The molecule has 6 nitrogen and oxygen atoms in total. The number of hydrogen-bond donors (Lipinski definition) is 3. The standard InChI is InChI=1S/C15H16N2O4/c1-7-8(2)21-9(3)13(7)14(18)17-12-5-4-10(16)6-11(12)15(19)20/h4-6H,16H2,1-3H3,(H,17,18)(H,19,20). The monoisotopic (exact) mass is 288 g/mol. The molecule has 4 N–H and O–H groups in total. The van der Waals surface area contributed by atoms with Gasteiger partial charge in [0.25, 0.3) is 5.91 Å². The number of carboxylic acids is 1. The summed E-state index contributed by atoms with van der Waals surface area (Å²) in [5.41, 5.74) is 7.17. The van der Waals surface area contributed by atoms with E-state index in [0.29, 0.717) is 22.8 Å². The van der Waals surface area contributed by atoms with Crippen LogP contribution in [0.4, 0.5) is 11.4 Å². The van der Waals surface area contributed by atoms with E-state index in [1.54, 1.807) is 20.8 Å². The summed E-state index contributed by atoms with van der Waals surface area (Å²) in [6, 6.07) is 4.30. The molecule has 1 aromatic carbocycles. The highest BCUT2D eigenvalue weighted by molar-refractivity contribution is 6.09. The molecule has 6 heteroatoms. The van der Waals surface area contributed by atoms with Gasteiger partial charge in [-0.25, -0.2) is 4.79 Å². The summed E-state index contributed by atoms with van der Waals surface area (Å²) in [7, 11) is 0. The Morgan fingerprint density at radius 1 is 1.19 bits per heavy atom. The van der Waals surface area contributed by atoms with Gasteiger partial charge in [0, 0.05) is 11.3 Å². The van der Waals surface area contributed by atoms with Gasteiger partial charge in [-0.05, 0) is 39.0 Å². The molecular weight excluding hydrogens is 272 g/mol. The minimum atomic E-state index is -1.16. The number of amides is 1. The molecule has 2 aromatic rings. The number of anilines is 2. The van der Waals surface area contributed by atoms with Crippen molar-refractivity contribution in [2.24, 2.45) is 0 Å². The molecule has 0 aliphatic heterocycles. The third kappa shape index (κ3) is 2.74. The number of carbonyl (C=O) groups is 2. The maximum absolute atomic E-state index is 12.3. The number of aryl methyl sites for hydroxylation is 2. The Balaban J connectivity index is 2.38. The van der Waals surface area contributed by atoms with Crippen LogP contribution in [0.1, 0.15) is 37.8 Å². The quantitative estimate of drug-likeness (QED) is 0.753. The van der Waals surface area contributed by atoms with E-state index in [1.165, 1.54) is 18.2 Å². The van der Waals surface area contributed by atoms with Crippen LogP contribution < -0.4 is 11.1 Å². The van der Waals surface area contributed by atoms with E-state index in [9.17, 15) is 9.59 Å². The Kier molecular flexibility index (Phi) is 3.71. The lowest BCUT2D eigenvalue weighted by Gasteiger charge is -2.09. The molecular formula is C15H16N2O4. The molecule has 1 heterocycles. The van der Waals surface area contributed by atoms with Crippen molar-refractivity contribution < 1.29 is 19.1 Å². The van der Waals surface area contributed by atoms with E-state index >= 15 is 0 Å². The van der Waals surface area contributed by atoms with Gasteiger partial charge in [-0.15, -0.1) is 0 Å². The number of furan rings is 1. The molecule has 0 saturated heterocycles. The molecule has 0 aliphatic rings. The number of carbonyl (C=O) groups excluding carboxylic acids is 1. The highest BCUT2D eigenvalue weighted by Gasteiger charge is 2.20. The topological polar surface area (TPSA) is 106 Å². The van der Waals surface area contributed by atoms with Gasteiger partial charge in [-0.3, -0.25) is 4.79 Å². The number of nitrogen functional groups attached to an aromatic ring is 1. The highest BCUT2D eigenvalue weighted by atomic mass is 16.4. The molecule has 0 atom stereocenters. The SMILES string of the molecule is Cc1oc(C)c(C(=O)Nc2ccc(N)cc2C(=O)O)c1C. The average Bonchev–Trinajstić information content (AvgIpc) is 2.65. The number of aromatic carboxylic acids is 1. The lowest BCUT2D eigenvalue weighted by Crippen LogP contribution is -2.16. The number of nitrogens with two attached hydrogens (primary N) is 1. The van der Waals surface area contributed by atoms with Gasteiger partial charge >= 0.3 is 5.97 Å². The van der Waals surface area contributed by atoms with Crippen LogP contribution in [-0.2, 0) is 0 Å². The second kappa shape index (κ2) is 5.32. The molecule has 110 valence electrons. The van der Waals surface area contributed by atoms with Crippen molar-refractivity contribution in [3.63, 3.8) is 0 Å². The van der Waals surface area contributed by atoms with E-state index in [-0.39, 0.29) is 11.3 Å². The number of nitrogens with one attached hydrogen (secondary N) is 1. The van der Waals surface area contributed by atoms with Crippen LogP contribution >= 0.6 is 0 Å². The number of benzene rings is 1.